The SMILES string of the molecule is CCCNc1cc(N(CC)C(C)CN(C)C)nc(SC)n1. The molecule has 1 N–H and O–H groups in total. The van der Waals surface area contributed by atoms with E-state index in [4.69, 9.17) is 0 Å². The van der Waals surface area contributed by atoms with Crippen molar-refractivity contribution >= 4 is 23.4 Å². The van der Waals surface area contributed by atoms with E-state index in [1.807, 2.05) is 6.26 Å². The lowest BCUT2D eigenvalue weighted by molar-refractivity contribution is 0.372. The molecule has 0 aliphatic heterocycles. The number of hydrogen-bond donors (Lipinski definition) is 1. The van der Waals surface area contributed by atoms with Gasteiger partial charge in [0.15, 0.2) is 5.16 Å². The molecule has 1 unspecified atom stereocenters. The lowest BCUT2D eigenvalue weighted by atomic mass is 10.2. The Morgan fingerprint density at radius 2 is 2.00 bits per heavy atom. The van der Waals surface area contributed by atoms with E-state index in [2.05, 4.69) is 66.0 Å². The minimum Gasteiger partial charge on any atom is -0.370 e. The van der Waals surface area contributed by atoms with Crippen LogP contribution in [0.5, 0.6) is 0 Å². The fourth-order valence-corrected chi connectivity index (χ4v) is 2.70. The van der Waals surface area contributed by atoms with E-state index < -0.39 is 0 Å². The van der Waals surface area contributed by atoms with Gasteiger partial charge in [-0.2, -0.15) is 0 Å². The molecule has 0 fully saturated rings. The minimum absolute atomic E-state index is 0.411. The van der Waals surface area contributed by atoms with Crippen LogP contribution < -0.4 is 10.2 Å². The topological polar surface area (TPSA) is 44.3 Å². The second-order valence-corrected chi connectivity index (χ2v) is 6.20. The Morgan fingerprint density at radius 3 is 2.52 bits per heavy atom. The third-order valence-electron chi connectivity index (χ3n) is 3.23. The predicted molar refractivity (Wildman–Crippen MR) is 93.6 cm³/mol. The van der Waals surface area contributed by atoms with Crippen molar-refractivity contribution in [3.63, 3.8) is 0 Å². The van der Waals surface area contributed by atoms with Crippen LogP contribution in [-0.2, 0) is 0 Å². The molecule has 1 aromatic heterocycles. The molecular formula is C15H29N5S. The Bertz CT molecular complexity index is 425. The monoisotopic (exact) mass is 311 g/mol. The first-order valence-corrected chi connectivity index (χ1v) is 8.82. The van der Waals surface area contributed by atoms with Crippen molar-refractivity contribution in [1.82, 2.24) is 14.9 Å². The van der Waals surface area contributed by atoms with Crippen molar-refractivity contribution < 1.29 is 0 Å². The summed E-state index contributed by atoms with van der Waals surface area (Å²) in [7, 11) is 4.21. The van der Waals surface area contributed by atoms with Gasteiger partial charge in [-0.3, -0.25) is 0 Å². The molecule has 21 heavy (non-hydrogen) atoms. The molecule has 0 spiro atoms. The van der Waals surface area contributed by atoms with Crippen LogP contribution in [0.25, 0.3) is 0 Å². The first-order valence-electron chi connectivity index (χ1n) is 7.60. The number of rotatable bonds is 9. The Morgan fingerprint density at radius 1 is 1.29 bits per heavy atom. The lowest BCUT2D eigenvalue weighted by Gasteiger charge is -2.31. The highest BCUT2D eigenvalue weighted by Crippen LogP contribution is 2.22. The van der Waals surface area contributed by atoms with Crippen LogP contribution >= 0.6 is 11.8 Å². The van der Waals surface area contributed by atoms with Gasteiger partial charge in [0.25, 0.3) is 0 Å². The molecule has 1 aromatic rings. The summed E-state index contributed by atoms with van der Waals surface area (Å²) in [4.78, 5) is 13.7. The van der Waals surface area contributed by atoms with Crippen molar-refractivity contribution in [3.8, 4) is 0 Å². The average molecular weight is 311 g/mol. The van der Waals surface area contributed by atoms with Crippen molar-refractivity contribution in [2.75, 3.05) is 50.2 Å². The zero-order valence-electron chi connectivity index (χ0n) is 14.2. The molecule has 1 heterocycles. The Hall–Kier alpha value is -1.01. The van der Waals surface area contributed by atoms with Crippen LogP contribution in [0.4, 0.5) is 11.6 Å². The van der Waals surface area contributed by atoms with Crippen molar-refractivity contribution in [2.24, 2.45) is 0 Å². The normalized spacial score (nSPS) is 12.5. The first kappa shape index (κ1) is 18.0. The van der Waals surface area contributed by atoms with E-state index in [0.29, 0.717) is 6.04 Å². The summed E-state index contributed by atoms with van der Waals surface area (Å²) in [6.45, 7) is 9.44. The molecule has 0 aliphatic rings. The zero-order valence-corrected chi connectivity index (χ0v) is 15.0. The second kappa shape index (κ2) is 9.10. The van der Waals surface area contributed by atoms with E-state index in [9.17, 15) is 0 Å². The van der Waals surface area contributed by atoms with Crippen molar-refractivity contribution in [3.05, 3.63) is 6.07 Å². The van der Waals surface area contributed by atoms with Crippen LogP contribution in [-0.4, -0.2) is 60.9 Å². The van der Waals surface area contributed by atoms with Crippen molar-refractivity contribution in [1.29, 1.82) is 0 Å². The molecule has 5 nitrogen and oxygen atoms in total. The van der Waals surface area contributed by atoms with Gasteiger partial charge in [-0.25, -0.2) is 9.97 Å². The maximum absolute atomic E-state index is 4.68. The molecule has 0 bridgehead atoms. The highest BCUT2D eigenvalue weighted by Gasteiger charge is 2.16. The summed E-state index contributed by atoms with van der Waals surface area (Å²) in [5, 5.41) is 4.19. The van der Waals surface area contributed by atoms with Gasteiger partial charge >= 0.3 is 0 Å². The van der Waals surface area contributed by atoms with Gasteiger partial charge in [-0.1, -0.05) is 18.7 Å². The van der Waals surface area contributed by atoms with E-state index >= 15 is 0 Å². The molecule has 0 aromatic carbocycles. The maximum Gasteiger partial charge on any atom is 0.191 e. The standard InChI is InChI=1S/C15H29N5S/c1-7-9-16-13-10-14(18-15(17-13)21-6)20(8-2)12(3)11-19(4)5/h10,12H,7-9,11H2,1-6H3,(H,16,17,18). The number of aromatic nitrogens is 2. The molecular weight excluding hydrogens is 282 g/mol. The van der Waals surface area contributed by atoms with Crippen molar-refractivity contribution in [2.45, 2.75) is 38.4 Å². The third-order valence-corrected chi connectivity index (χ3v) is 3.77. The second-order valence-electron chi connectivity index (χ2n) is 5.42. The number of thioether (sulfide) groups is 1. The summed E-state index contributed by atoms with van der Waals surface area (Å²) in [5.41, 5.74) is 0. The fourth-order valence-electron chi connectivity index (χ4n) is 2.32. The summed E-state index contributed by atoms with van der Waals surface area (Å²) >= 11 is 1.58. The van der Waals surface area contributed by atoms with Gasteiger partial charge in [0.2, 0.25) is 0 Å². The van der Waals surface area contributed by atoms with Gasteiger partial charge in [0, 0.05) is 31.7 Å². The van der Waals surface area contributed by atoms with Crippen LogP contribution in [0, 0.1) is 0 Å². The van der Waals surface area contributed by atoms with Gasteiger partial charge in [-0.15, -0.1) is 0 Å². The molecule has 0 radical (unpaired) electrons. The molecule has 0 saturated heterocycles. The Kier molecular flexibility index (Phi) is 7.82. The molecule has 6 heteroatoms. The van der Waals surface area contributed by atoms with E-state index in [0.717, 1.165) is 42.8 Å². The number of anilines is 2. The van der Waals surface area contributed by atoms with Crippen LogP contribution in [0.1, 0.15) is 27.2 Å². The first-order chi connectivity index (χ1) is 10.0. The number of nitrogens with one attached hydrogen (secondary N) is 1. The van der Waals surface area contributed by atoms with Gasteiger partial charge in [0.05, 0.1) is 0 Å². The van der Waals surface area contributed by atoms with Crippen LogP contribution in [0.15, 0.2) is 11.2 Å². The summed E-state index contributed by atoms with van der Waals surface area (Å²) in [6.07, 6.45) is 3.10. The molecule has 1 atom stereocenters. The number of hydrogen-bond acceptors (Lipinski definition) is 6. The lowest BCUT2D eigenvalue weighted by Crippen LogP contribution is -2.40. The maximum atomic E-state index is 4.68. The number of nitrogens with zero attached hydrogens (tertiary/aromatic N) is 4. The van der Waals surface area contributed by atoms with E-state index in [1.54, 1.807) is 11.8 Å². The largest absolute Gasteiger partial charge is 0.370 e. The van der Waals surface area contributed by atoms with Gasteiger partial charge in [0.1, 0.15) is 11.6 Å². The van der Waals surface area contributed by atoms with Crippen LogP contribution in [0.2, 0.25) is 0 Å². The highest BCUT2D eigenvalue weighted by molar-refractivity contribution is 7.98. The number of likely N-dealkylation sites (N-methyl/N-ethyl adjacent to an activating group) is 2. The summed E-state index contributed by atoms with van der Waals surface area (Å²) in [5.74, 6) is 1.92. The Balaban J connectivity index is 3.01. The van der Waals surface area contributed by atoms with Gasteiger partial charge in [-0.05, 0) is 40.6 Å². The van der Waals surface area contributed by atoms with Crippen LogP contribution in [0.3, 0.4) is 0 Å². The average Bonchev–Trinajstić information content (AvgIpc) is 2.44. The minimum atomic E-state index is 0.411. The fraction of sp³-hybridized carbons (Fsp3) is 0.733. The smallest absolute Gasteiger partial charge is 0.191 e. The molecule has 120 valence electrons. The summed E-state index contributed by atoms with van der Waals surface area (Å²) in [6, 6.07) is 2.47. The summed E-state index contributed by atoms with van der Waals surface area (Å²) < 4.78 is 0. The quantitative estimate of drug-likeness (QED) is 0.559. The molecule has 0 amide bonds. The predicted octanol–water partition coefficient (Wildman–Crippen LogP) is 2.80. The molecule has 0 aliphatic carbocycles. The Labute approximate surface area is 133 Å². The van der Waals surface area contributed by atoms with Gasteiger partial charge < -0.3 is 15.1 Å². The van der Waals surface area contributed by atoms with E-state index in [1.165, 1.54) is 0 Å². The molecule has 0 saturated carbocycles. The third kappa shape index (κ3) is 5.71. The molecule has 1 rings (SSSR count). The highest BCUT2D eigenvalue weighted by atomic mass is 32.2. The van der Waals surface area contributed by atoms with E-state index in [-0.39, 0.29) is 0 Å². The zero-order chi connectivity index (χ0) is 15.8.